The summed E-state index contributed by atoms with van der Waals surface area (Å²) in [5, 5.41) is 8.99. The SMILES string of the molecule is Cl.O=C1CCN(C2CC3(CCN(C(=O)O)C3)C2)CC1. The highest BCUT2D eigenvalue weighted by Gasteiger charge is 2.51. The quantitative estimate of drug-likeness (QED) is 0.796. The number of carboxylic acid groups (broad SMARTS) is 1. The Morgan fingerprint density at radius 2 is 1.84 bits per heavy atom. The predicted molar refractivity (Wildman–Crippen MR) is 72.7 cm³/mol. The highest BCUT2D eigenvalue weighted by molar-refractivity contribution is 5.85. The zero-order valence-electron chi connectivity index (χ0n) is 11.0. The lowest BCUT2D eigenvalue weighted by molar-refractivity contribution is -0.123. The van der Waals surface area contributed by atoms with Gasteiger partial charge in [0.2, 0.25) is 0 Å². The molecule has 1 spiro atoms. The maximum Gasteiger partial charge on any atom is 0.407 e. The maximum absolute atomic E-state index is 11.2. The van der Waals surface area contributed by atoms with E-state index >= 15 is 0 Å². The summed E-state index contributed by atoms with van der Waals surface area (Å²) in [5.74, 6) is 0.387. The Labute approximate surface area is 119 Å². The summed E-state index contributed by atoms with van der Waals surface area (Å²) in [5.41, 5.74) is 0.254. The van der Waals surface area contributed by atoms with Crippen molar-refractivity contribution in [1.82, 2.24) is 9.80 Å². The Kier molecular flexibility index (Phi) is 4.06. The zero-order chi connectivity index (χ0) is 12.8. The largest absolute Gasteiger partial charge is 0.465 e. The molecule has 2 saturated heterocycles. The number of halogens is 1. The first-order valence-corrected chi connectivity index (χ1v) is 6.82. The molecule has 6 heteroatoms. The van der Waals surface area contributed by atoms with Crippen LogP contribution < -0.4 is 0 Å². The fourth-order valence-electron chi connectivity index (χ4n) is 3.77. The van der Waals surface area contributed by atoms with E-state index in [0.717, 1.165) is 32.4 Å². The number of hydrogen-bond donors (Lipinski definition) is 1. The number of carbonyl (C=O) groups excluding carboxylic acids is 1. The van der Waals surface area contributed by atoms with Gasteiger partial charge in [0.1, 0.15) is 5.78 Å². The van der Waals surface area contributed by atoms with Crippen LogP contribution >= 0.6 is 12.4 Å². The van der Waals surface area contributed by atoms with E-state index in [0.29, 0.717) is 37.8 Å². The molecule has 1 N–H and O–H groups in total. The Bertz CT molecular complexity index is 372. The van der Waals surface area contributed by atoms with E-state index in [9.17, 15) is 9.59 Å². The van der Waals surface area contributed by atoms with Crippen molar-refractivity contribution >= 4 is 24.3 Å². The molecule has 0 aromatic carbocycles. The number of rotatable bonds is 1. The van der Waals surface area contributed by atoms with E-state index in [1.807, 2.05) is 0 Å². The number of amides is 1. The van der Waals surface area contributed by atoms with Crippen molar-refractivity contribution in [1.29, 1.82) is 0 Å². The van der Waals surface area contributed by atoms with Crippen molar-refractivity contribution in [2.75, 3.05) is 26.2 Å². The molecule has 0 bridgehead atoms. The first-order valence-electron chi connectivity index (χ1n) is 6.82. The molecule has 1 amide bonds. The Morgan fingerprint density at radius 1 is 1.21 bits per heavy atom. The average molecular weight is 289 g/mol. The highest BCUT2D eigenvalue weighted by Crippen LogP contribution is 2.50. The second kappa shape index (κ2) is 5.29. The summed E-state index contributed by atoms with van der Waals surface area (Å²) < 4.78 is 0. The number of likely N-dealkylation sites (tertiary alicyclic amines) is 2. The van der Waals surface area contributed by atoms with Gasteiger partial charge in [0.15, 0.2) is 0 Å². The van der Waals surface area contributed by atoms with Crippen LogP contribution in [0.3, 0.4) is 0 Å². The molecule has 0 radical (unpaired) electrons. The molecule has 1 aliphatic carbocycles. The van der Waals surface area contributed by atoms with Gasteiger partial charge in [-0.15, -0.1) is 12.4 Å². The molecule has 3 aliphatic rings. The monoisotopic (exact) mass is 288 g/mol. The zero-order valence-corrected chi connectivity index (χ0v) is 11.8. The van der Waals surface area contributed by atoms with Crippen LogP contribution in [0.5, 0.6) is 0 Å². The van der Waals surface area contributed by atoms with Gasteiger partial charge in [0, 0.05) is 45.1 Å². The van der Waals surface area contributed by atoms with E-state index < -0.39 is 6.09 Å². The molecule has 0 aromatic heterocycles. The summed E-state index contributed by atoms with van der Waals surface area (Å²) in [6.07, 6.45) is 3.87. The van der Waals surface area contributed by atoms with Crippen LogP contribution in [0.1, 0.15) is 32.1 Å². The summed E-state index contributed by atoms with van der Waals surface area (Å²) in [6.45, 7) is 3.22. The Hall–Kier alpha value is -0.810. The molecule has 3 rings (SSSR count). The van der Waals surface area contributed by atoms with E-state index in [4.69, 9.17) is 5.11 Å². The second-order valence-electron chi connectivity index (χ2n) is 6.09. The fourth-order valence-corrected chi connectivity index (χ4v) is 3.77. The molecule has 5 nitrogen and oxygen atoms in total. The molecule has 3 fully saturated rings. The standard InChI is InChI=1S/C13H20N2O3.ClH/c16-11-1-4-14(5-2-11)10-7-13(8-10)3-6-15(9-13)12(17)18;/h10H,1-9H2,(H,17,18);1H. The Balaban J connectivity index is 0.00000133. The summed E-state index contributed by atoms with van der Waals surface area (Å²) in [6, 6.07) is 0.590. The van der Waals surface area contributed by atoms with Crippen LogP contribution in [0.2, 0.25) is 0 Å². The minimum Gasteiger partial charge on any atom is -0.465 e. The van der Waals surface area contributed by atoms with E-state index in [1.165, 1.54) is 0 Å². The van der Waals surface area contributed by atoms with Gasteiger partial charge in [0.25, 0.3) is 0 Å². The van der Waals surface area contributed by atoms with Crippen LogP contribution in [-0.2, 0) is 4.79 Å². The topological polar surface area (TPSA) is 60.9 Å². The van der Waals surface area contributed by atoms with Crippen molar-refractivity contribution in [3.8, 4) is 0 Å². The molecule has 2 heterocycles. The fraction of sp³-hybridized carbons (Fsp3) is 0.846. The van der Waals surface area contributed by atoms with Crippen molar-refractivity contribution in [2.24, 2.45) is 5.41 Å². The smallest absolute Gasteiger partial charge is 0.407 e. The van der Waals surface area contributed by atoms with Crippen LogP contribution in [0.4, 0.5) is 4.79 Å². The summed E-state index contributed by atoms with van der Waals surface area (Å²) in [7, 11) is 0. The van der Waals surface area contributed by atoms with E-state index in [-0.39, 0.29) is 17.8 Å². The number of ketones is 1. The first-order chi connectivity index (χ1) is 8.58. The minimum atomic E-state index is -0.779. The third-order valence-electron chi connectivity index (χ3n) is 4.92. The van der Waals surface area contributed by atoms with Crippen LogP contribution in [0.25, 0.3) is 0 Å². The number of Topliss-reactive ketones (excluding diaryl/α,β-unsaturated/α-hetero) is 1. The van der Waals surface area contributed by atoms with Gasteiger partial charge in [0.05, 0.1) is 0 Å². The number of nitrogens with zero attached hydrogens (tertiary/aromatic N) is 2. The van der Waals surface area contributed by atoms with Gasteiger partial charge in [-0.05, 0) is 24.7 Å². The van der Waals surface area contributed by atoms with Gasteiger partial charge < -0.3 is 10.0 Å². The van der Waals surface area contributed by atoms with Crippen LogP contribution in [0, 0.1) is 5.41 Å². The summed E-state index contributed by atoms with van der Waals surface area (Å²) >= 11 is 0. The lowest BCUT2D eigenvalue weighted by atomic mass is 9.64. The summed E-state index contributed by atoms with van der Waals surface area (Å²) in [4.78, 5) is 26.1. The molecular formula is C13H21ClN2O3. The molecule has 0 aromatic rings. The van der Waals surface area contributed by atoms with E-state index in [2.05, 4.69) is 4.90 Å². The maximum atomic E-state index is 11.2. The van der Waals surface area contributed by atoms with Crippen LogP contribution in [0.15, 0.2) is 0 Å². The molecule has 2 aliphatic heterocycles. The van der Waals surface area contributed by atoms with Gasteiger partial charge in [-0.1, -0.05) is 0 Å². The minimum absolute atomic E-state index is 0. The number of hydrogen-bond acceptors (Lipinski definition) is 3. The molecule has 0 atom stereocenters. The number of piperidine rings is 1. The molecule has 0 unspecified atom stereocenters. The van der Waals surface area contributed by atoms with Gasteiger partial charge in [-0.25, -0.2) is 4.79 Å². The Morgan fingerprint density at radius 3 is 2.37 bits per heavy atom. The van der Waals surface area contributed by atoms with Crippen molar-refractivity contribution < 1.29 is 14.7 Å². The van der Waals surface area contributed by atoms with Crippen molar-refractivity contribution in [2.45, 2.75) is 38.1 Å². The lowest BCUT2D eigenvalue weighted by Gasteiger charge is -2.50. The highest BCUT2D eigenvalue weighted by atomic mass is 35.5. The third kappa shape index (κ3) is 2.72. The van der Waals surface area contributed by atoms with Crippen LogP contribution in [-0.4, -0.2) is 59.0 Å². The predicted octanol–water partition coefficient (Wildman–Crippen LogP) is 1.61. The van der Waals surface area contributed by atoms with Gasteiger partial charge in [-0.2, -0.15) is 0 Å². The first kappa shape index (κ1) is 14.6. The molecule has 1 saturated carbocycles. The molecular weight excluding hydrogens is 268 g/mol. The average Bonchev–Trinajstić information content (AvgIpc) is 2.73. The van der Waals surface area contributed by atoms with E-state index in [1.54, 1.807) is 4.90 Å². The van der Waals surface area contributed by atoms with Gasteiger partial charge >= 0.3 is 6.09 Å². The van der Waals surface area contributed by atoms with Gasteiger partial charge in [-0.3, -0.25) is 9.69 Å². The lowest BCUT2D eigenvalue weighted by Crippen LogP contribution is -2.54. The van der Waals surface area contributed by atoms with Crippen molar-refractivity contribution in [3.05, 3.63) is 0 Å². The molecule has 19 heavy (non-hydrogen) atoms. The molecule has 108 valence electrons. The third-order valence-corrected chi connectivity index (χ3v) is 4.92. The number of carbonyl (C=O) groups is 2. The second-order valence-corrected chi connectivity index (χ2v) is 6.09. The normalized spacial score (nSPS) is 35.1. The van der Waals surface area contributed by atoms with Crippen molar-refractivity contribution in [3.63, 3.8) is 0 Å².